The molecule has 3 rings (SSSR count). The van der Waals surface area contributed by atoms with Gasteiger partial charge in [0, 0.05) is 37.7 Å². The second-order valence-electron chi connectivity index (χ2n) is 7.37. The Morgan fingerprint density at radius 2 is 1.77 bits per heavy atom. The number of rotatable bonds is 8. The maximum Gasteiger partial charge on any atom is 0.237 e. The third kappa shape index (κ3) is 5.37. The van der Waals surface area contributed by atoms with Crippen LogP contribution in [-0.4, -0.2) is 63.8 Å². The van der Waals surface area contributed by atoms with Gasteiger partial charge in [0.05, 0.1) is 25.9 Å². The molecule has 6 nitrogen and oxygen atoms in total. The quantitative estimate of drug-likeness (QED) is 0.695. The van der Waals surface area contributed by atoms with Gasteiger partial charge in [-0.15, -0.1) is 0 Å². The molecule has 1 fully saturated rings. The van der Waals surface area contributed by atoms with E-state index in [1.165, 1.54) is 0 Å². The van der Waals surface area contributed by atoms with E-state index >= 15 is 0 Å². The Hall–Kier alpha value is -2.44. The van der Waals surface area contributed by atoms with E-state index in [1.54, 1.807) is 14.2 Å². The van der Waals surface area contributed by atoms with Crippen LogP contribution in [0.4, 0.5) is 5.69 Å². The summed E-state index contributed by atoms with van der Waals surface area (Å²) in [6, 6.07) is 13.4. The topological polar surface area (TPSA) is 54.0 Å². The molecule has 1 N–H and O–H groups in total. The third-order valence-electron chi connectivity index (χ3n) is 5.61. The van der Waals surface area contributed by atoms with Gasteiger partial charge in [-0.25, -0.2) is 0 Å². The molecular formula is C23H30ClN3O3. The number of para-hydroxylation sites is 1. The van der Waals surface area contributed by atoms with E-state index in [4.69, 9.17) is 21.1 Å². The number of carbonyl (C=O) groups excluding carboxylic acids is 1. The second-order valence-corrected chi connectivity index (χ2v) is 7.80. The van der Waals surface area contributed by atoms with Gasteiger partial charge >= 0.3 is 0 Å². The van der Waals surface area contributed by atoms with Crippen LogP contribution in [0.15, 0.2) is 42.5 Å². The first-order valence-corrected chi connectivity index (χ1v) is 10.6. The van der Waals surface area contributed by atoms with Gasteiger partial charge in [-0.05, 0) is 43.2 Å². The van der Waals surface area contributed by atoms with E-state index in [0.717, 1.165) is 55.3 Å². The molecule has 1 atom stereocenters. The number of hydrogen-bond acceptors (Lipinski definition) is 5. The lowest BCUT2D eigenvalue weighted by molar-refractivity contribution is -0.126. The van der Waals surface area contributed by atoms with Crippen LogP contribution in [0, 0.1) is 0 Å². The van der Waals surface area contributed by atoms with E-state index in [9.17, 15) is 4.79 Å². The zero-order valence-corrected chi connectivity index (χ0v) is 18.6. The molecule has 0 bridgehead atoms. The van der Waals surface area contributed by atoms with Crippen LogP contribution in [0.25, 0.3) is 0 Å². The molecule has 2 aromatic carbocycles. The largest absolute Gasteiger partial charge is 0.496 e. The van der Waals surface area contributed by atoms with Gasteiger partial charge in [-0.2, -0.15) is 0 Å². The number of anilines is 1. The molecule has 0 spiro atoms. The lowest BCUT2D eigenvalue weighted by Crippen LogP contribution is -2.54. The van der Waals surface area contributed by atoms with Gasteiger partial charge in [0.2, 0.25) is 5.91 Å². The van der Waals surface area contributed by atoms with Gasteiger partial charge in [0.1, 0.15) is 11.5 Å². The van der Waals surface area contributed by atoms with Crippen molar-refractivity contribution in [1.29, 1.82) is 0 Å². The number of piperazine rings is 1. The minimum absolute atomic E-state index is 0.0543. The van der Waals surface area contributed by atoms with Crippen LogP contribution >= 0.6 is 11.6 Å². The number of amides is 1. The number of ether oxygens (including phenoxy) is 2. The van der Waals surface area contributed by atoms with Crippen molar-refractivity contribution in [3.8, 4) is 11.5 Å². The van der Waals surface area contributed by atoms with Gasteiger partial charge in [0.25, 0.3) is 0 Å². The molecule has 30 heavy (non-hydrogen) atoms. The van der Waals surface area contributed by atoms with Crippen LogP contribution in [0.1, 0.15) is 12.5 Å². The normalized spacial score (nSPS) is 15.5. The first-order chi connectivity index (χ1) is 14.5. The SMILES string of the molecule is COc1ccccc1CCNC(=O)C(C)N1CCN(c2cc(Cl)ccc2OC)CC1. The fourth-order valence-electron chi connectivity index (χ4n) is 3.80. The summed E-state index contributed by atoms with van der Waals surface area (Å²) in [5.41, 5.74) is 2.09. The molecular weight excluding hydrogens is 402 g/mol. The molecule has 1 aliphatic heterocycles. The van der Waals surface area contributed by atoms with Crippen molar-refractivity contribution in [2.75, 3.05) is 51.8 Å². The molecule has 0 saturated carbocycles. The smallest absolute Gasteiger partial charge is 0.237 e. The monoisotopic (exact) mass is 431 g/mol. The Labute approximate surface area is 183 Å². The highest BCUT2D eigenvalue weighted by molar-refractivity contribution is 6.30. The van der Waals surface area contributed by atoms with Crippen LogP contribution in [0.5, 0.6) is 11.5 Å². The van der Waals surface area contributed by atoms with Crippen molar-refractivity contribution in [3.63, 3.8) is 0 Å². The van der Waals surface area contributed by atoms with Gasteiger partial charge < -0.3 is 19.7 Å². The summed E-state index contributed by atoms with van der Waals surface area (Å²) in [5.74, 6) is 1.72. The predicted octanol–water partition coefficient (Wildman–Crippen LogP) is 3.23. The molecule has 1 heterocycles. The maximum atomic E-state index is 12.6. The summed E-state index contributed by atoms with van der Waals surface area (Å²) in [4.78, 5) is 17.1. The minimum Gasteiger partial charge on any atom is -0.496 e. The Kier molecular flexibility index (Phi) is 7.82. The van der Waals surface area contributed by atoms with Crippen molar-refractivity contribution in [1.82, 2.24) is 10.2 Å². The van der Waals surface area contributed by atoms with Crippen LogP contribution in [-0.2, 0) is 11.2 Å². The third-order valence-corrected chi connectivity index (χ3v) is 5.84. The predicted molar refractivity (Wildman–Crippen MR) is 121 cm³/mol. The molecule has 1 unspecified atom stereocenters. The minimum atomic E-state index is -0.175. The maximum absolute atomic E-state index is 12.6. The standard InChI is InChI=1S/C23H30ClN3O3/c1-17(23(28)25-11-10-18-6-4-5-7-21(18)29-2)26-12-14-27(15-13-26)20-16-19(24)8-9-22(20)30-3/h4-9,16-17H,10-15H2,1-3H3,(H,25,28). The van der Waals surface area contributed by atoms with Crippen LogP contribution in [0.3, 0.4) is 0 Å². The van der Waals surface area contributed by atoms with Crippen LogP contribution in [0.2, 0.25) is 5.02 Å². The summed E-state index contributed by atoms with van der Waals surface area (Å²) in [7, 11) is 3.33. The van der Waals surface area contributed by atoms with Gasteiger partial charge in [-0.3, -0.25) is 9.69 Å². The summed E-state index contributed by atoms with van der Waals surface area (Å²) in [5, 5.41) is 3.75. The Balaban J connectivity index is 1.49. The lowest BCUT2D eigenvalue weighted by Gasteiger charge is -2.39. The highest BCUT2D eigenvalue weighted by Crippen LogP contribution is 2.32. The summed E-state index contributed by atoms with van der Waals surface area (Å²) < 4.78 is 10.8. The average Bonchev–Trinajstić information content (AvgIpc) is 2.79. The summed E-state index contributed by atoms with van der Waals surface area (Å²) in [6.45, 7) is 5.79. The molecule has 7 heteroatoms. The molecule has 0 aliphatic carbocycles. The van der Waals surface area contributed by atoms with E-state index in [1.807, 2.05) is 49.4 Å². The number of methoxy groups -OCH3 is 2. The molecule has 162 valence electrons. The molecule has 0 aromatic heterocycles. The number of nitrogens with one attached hydrogen (secondary N) is 1. The van der Waals surface area contributed by atoms with Gasteiger partial charge in [0.15, 0.2) is 0 Å². The molecule has 0 radical (unpaired) electrons. The Bertz CT molecular complexity index is 853. The number of carbonyl (C=O) groups is 1. The van der Waals surface area contributed by atoms with Crippen molar-refractivity contribution >= 4 is 23.2 Å². The first kappa shape index (κ1) is 22.2. The zero-order valence-electron chi connectivity index (χ0n) is 17.9. The summed E-state index contributed by atoms with van der Waals surface area (Å²) >= 11 is 6.17. The number of nitrogens with zero attached hydrogens (tertiary/aromatic N) is 2. The second kappa shape index (κ2) is 10.5. The van der Waals surface area contributed by atoms with Crippen molar-refractivity contribution in [3.05, 3.63) is 53.1 Å². The van der Waals surface area contributed by atoms with E-state index < -0.39 is 0 Å². The first-order valence-electron chi connectivity index (χ1n) is 10.3. The molecule has 1 amide bonds. The van der Waals surface area contributed by atoms with Crippen molar-refractivity contribution < 1.29 is 14.3 Å². The number of halogens is 1. The lowest BCUT2D eigenvalue weighted by atomic mass is 10.1. The zero-order chi connectivity index (χ0) is 21.5. The molecule has 2 aromatic rings. The molecule has 1 aliphatic rings. The highest BCUT2D eigenvalue weighted by atomic mass is 35.5. The number of hydrogen-bond donors (Lipinski definition) is 1. The van der Waals surface area contributed by atoms with E-state index in [-0.39, 0.29) is 11.9 Å². The number of benzene rings is 2. The fraction of sp³-hybridized carbons (Fsp3) is 0.435. The average molecular weight is 432 g/mol. The van der Waals surface area contributed by atoms with Crippen molar-refractivity contribution in [2.24, 2.45) is 0 Å². The Morgan fingerprint density at radius 3 is 2.47 bits per heavy atom. The van der Waals surface area contributed by atoms with E-state index in [0.29, 0.717) is 11.6 Å². The summed E-state index contributed by atoms with van der Waals surface area (Å²) in [6.07, 6.45) is 0.741. The molecule has 1 saturated heterocycles. The Morgan fingerprint density at radius 1 is 1.07 bits per heavy atom. The van der Waals surface area contributed by atoms with Gasteiger partial charge in [-0.1, -0.05) is 29.8 Å². The van der Waals surface area contributed by atoms with Crippen LogP contribution < -0.4 is 19.7 Å². The highest BCUT2D eigenvalue weighted by Gasteiger charge is 2.26. The van der Waals surface area contributed by atoms with E-state index in [2.05, 4.69) is 15.1 Å². The fourth-order valence-corrected chi connectivity index (χ4v) is 3.97. The van der Waals surface area contributed by atoms with Crippen molar-refractivity contribution in [2.45, 2.75) is 19.4 Å².